The maximum absolute atomic E-state index is 12.3. The number of piperazine rings is 1. The van der Waals surface area contributed by atoms with Crippen LogP contribution in [0.3, 0.4) is 0 Å². The van der Waals surface area contributed by atoms with Crippen LogP contribution in [0.15, 0.2) is 12.1 Å². The van der Waals surface area contributed by atoms with Gasteiger partial charge in [-0.3, -0.25) is 9.69 Å². The summed E-state index contributed by atoms with van der Waals surface area (Å²) >= 11 is 3.32. The molecule has 2 aromatic heterocycles. The monoisotopic (exact) mass is 415 g/mol. The lowest BCUT2D eigenvalue weighted by atomic mass is 10.3. The molecule has 0 aromatic carbocycles. The molecule has 1 fully saturated rings. The Labute approximate surface area is 162 Å². The van der Waals surface area contributed by atoms with Crippen LogP contribution in [0.25, 0.3) is 9.40 Å². The topological polar surface area (TPSA) is 69.7 Å². The van der Waals surface area contributed by atoms with E-state index in [2.05, 4.69) is 23.2 Å². The fraction of sp³-hybridized carbons (Fsp3) is 0.588. The Kier molecular flexibility index (Phi) is 6.34. The van der Waals surface area contributed by atoms with Gasteiger partial charge in [0.1, 0.15) is 0 Å². The van der Waals surface area contributed by atoms with E-state index in [1.54, 1.807) is 33.9 Å². The summed E-state index contributed by atoms with van der Waals surface area (Å²) in [5.41, 5.74) is 0. The summed E-state index contributed by atoms with van der Waals surface area (Å²) in [5, 5.41) is 4.14. The van der Waals surface area contributed by atoms with Gasteiger partial charge in [-0.1, -0.05) is 6.92 Å². The molecular formula is C17H25N3O3S3. The lowest BCUT2D eigenvalue weighted by molar-refractivity contribution is 0.0949. The normalized spacial score (nSPS) is 17.0. The minimum absolute atomic E-state index is 0.0244. The molecule has 1 amide bonds. The van der Waals surface area contributed by atoms with Crippen LogP contribution in [0.5, 0.6) is 0 Å². The van der Waals surface area contributed by atoms with Crippen LogP contribution < -0.4 is 5.32 Å². The molecule has 1 N–H and O–H groups in total. The van der Waals surface area contributed by atoms with E-state index in [0.29, 0.717) is 32.7 Å². The number of thiophene rings is 2. The molecule has 3 rings (SSSR count). The highest BCUT2D eigenvalue weighted by atomic mass is 32.2. The maximum Gasteiger partial charge on any atom is 0.261 e. The van der Waals surface area contributed by atoms with E-state index in [1.807, 2.05) is 6.07 Å². The molecule has 9 heteroatoms. The Morgan fingerprint density at radius 3 is 2.50 bits per heavy atom. The van der Waals surface area contributed by atoms with Crippen molar-refractivity contribution in [1.82, 2.24) is 14.5 Å². The molecule has 0 spiro atoms. The number of rotatable bonds is 7. The first-order valence-corrected chi connectivity index (χ1v) is 12.2. The predicted molar refractivity (Wildman–Crippen MR) is 109 cm³/mol. The Morgan fingerprint density at radius 2 is 1.88 bits per heavy atom. The number of fused-ring (bicyclic) bond motifs is 1. The molecule has 1 aliphatic heterocycles. The number of hydrogen-bond donors (Lipinski definition) is 1. The van der Waals surface area contributed by atoms with Gasteiger partial charge in [0, 0.05) is 49.5 Å². The summed E-state index contributed by atoms with van der Waals surface area (Å²) in [6.45, 7) is 7.62. The molecule has 1 saturated heterocycles. The smallest absolute Gasteiger partial charge is 0.261 e. The zero-order chi connectivity index (χ0) is 18.7. The summed E-state index contributed by atoms with van der Waals surface area (Å²) in [6, 6.07) is 4.14. The highest BCUT2D eigenvalue weighted by molar-refractivity contribution is 7.89. The number of hydrogen-bond acceptors (Lipinski definition) is 6. The quantitative estimate of drug-likeness (QED) is 0.753. The van der Waals surface area contributed by atoms with E-state index in [0.717, 1.165) is 23.2 Å². The van der Waals surface area contributed by atoms with Crippen molar-refractivity contribution in [3.63, 3.8) is 0 Å². The van der Waals surface area contributed by atoms with Gasteiger partial charge in [0.15, 0.2) is 0 Å². The number of sulfonamides is 1. The first kappa shape index (κ1) is 19.8. The van der Waals surface area contributed by atoms with Crippen molar-refractivity contribution in [3.8, 4) is 0 Å². The Bertz CT molecular complexity index is 833. The van der Waals surface area contributed by atoms with Crippen molar-refractivity contribution in [1.29, 1.82) is 0 Å². The average molecular weight is 416 g/mol. The third-order valence-corrected chi connectivity index (χ3v) is 9.06. The molecule has 1 aliphatic rings. The molecule has 0 unspecified atom stereocenters. The number of carbonyl (C=O) groups excluding carboxylic acids is 1. The summed E-state index contributed by atoms with van der Waals surface area (Å²) in [6.07, 6.45) is 1.03. The fourth-order valence-corrected chi connectivity index (χ4v) is 6.44. The van der Waals surface area contributed by atoms with Crippen molar-refractivity contribution < 1.29 is 13.2 Å². The van der Waals surface area contributed by atoms with E-state index in [1.165, 1.54) is 8.89 Å². The molecular weight excluding hydrogens is 390 g/mol. The van der Waals surface area contributed by atoms with Gasteiger partial charge in [-0.15, -0.1) is 22.7 Å². The Balaban J connectivity index is 1.44. The molecule has 0 aliphatic carbocycles. The summed E-state index contributed by atoms with van der Waals surface area (Å²) < 4.78 is 26.5. The predicted octanol–water partition coefficient (Wildman–Crippen LogP) is 2.22. The average Bonchev–Trinajstić information content (AvgIpc) is 3.20. The summed E-state index contributed by atoms with van der Waals surface area (Å²) in [4.78, 5) is 16.6. The van der Waals surface area contributed by atoms with Gasteiger partial charge in [-0.25, -0.2) is 8.42 Å². The SMILES string of the molecule is CCc1cc2cc(C(=O)NCCN3CCN(S(=O)(=O)CC)CC3)sc2s1. The van der Waals surface area contributed by atoms with E-state index >= 15 is 0 Å². The fourth-order valence-electron chi connectivity index (χ4n) is 3.01. The minimum atomic E-state index is -3.09. The van der Waals surface area contributed by atoms with Crippen LogP contribution in [-0.4, -0.2) is 68.6 Å². The highest BCUT2D eigenvalue weighted by Gasteiger charge is 2.25. The molecule has 0 saturated carbocycles. The van der Waals surface area contributed by atoms with E-state index < -0.39 is 10.0 Å². The van der Waals surface area contributed by atoms with Crippen LogP contribution >= 0.6 is 22.7 Å². The van der Waals surface area contributed by atoms with Crippen LogP contribution in [0.2, 0.25) is 0 Å². The second kappa shape index (κ2) is 8.35. The molecule has 0 atom stereocenters. The van der Waals surface area contributed by atoms with E-state index in [4.69, 9.17) is 0 Å². The zero-order valence-electron chi connectivity index (χ0n) is 15.2. The van der Waals surface area contributed by atoms with Gasteiger partial charge in [0.05, 0.1) is 14.6 Å². The molecule has 6 nitrogen and oxygen atoms in total. The van der Waals surface area contributed by atoms with Gasteiger partial charge in [-0.05, 0) is 25.5 Å². The van der Waals surface area contributed by atoms with Crippen LogP contribution in [0.1, 0.15) is 28.4 Å². The minimum Gasteiger partial charge on any atom is -0.350 e. The lowest BCUT2D eigenvalue weighted by Crippen LogP contribution is -2.50. The molecule has 3 heterocycles. The standard InChI is InChI=1S/C17H25N3O3S3/c1-3-14-11-13-12-15(25-17(13)24-14)16(21)18-5-6-19-7-9-20(10-8-19)26(22,23)4-2/h11-12H,3-10H2,1-2H3,(H,18,21). The highest BCUT2D eigenvalue weighted by Crippen LogP contribution is 2.33. The van der Waals surface area contributed by atoms with Gasteiger partial charge in [0.25, 0.3) is 5.91 Å². The number of nitrogens with one attached hydrogen (secondary N) is 1. The third-order valence-electron chi connectivity index (χ3n) is 4.64. The lowest BCUT2D eigenvalue weighted by Gasteiger charge is -2.33. The molecule has 0 bridgehead atoms. The van der Waals surface area contributed by atoms with Crippen molar-refractivity contribution in [2.75, 3.05) is 45.0 Å². The molecule has 144 valence electrons. The van der Waals surface area contributed by atoms with E-state index in [-0.39, 0.29) is 11.7 Å². The van der Waals surface area contributed by atoms with Crippen molar-refractivity contribution >= 4 is 48.0 Å². The maximum atomic E-state index is 12.3. The molecule has 26 heavy (non-hydrogen) atoms. The Hall–Kier alpha value is -1.00. The van der Waals surface area contributed by atoms with E-state index in [9.17, 15) is 13.2 Å². The van der Waals surface area contributed by atoms with Gasteiger partial charge >= 0.3 is 0 Å². The first-order chi connectivity index (χ1) is 12.4. The summed E-state index contributed by atoms with van der Waals surface area (Å²) in [5.74, 6) is 0.129. The van der Waals surface area contributed by atoms with Gasteiger partial charge in [0.2, 0.25) is 10.0 Å². The van der Waals surface area contributed by atoms with Crippen LogP contribution in [0, 0.1) is 0 Å². The zero-order valence-corrected chi connectivity index (χ0v) is 17.6. The number of aryl methyl sites for hydroxylation is 1. The molecule has 0 radical (unpaired) electrons. The largest absolute Gasteiger partial charge is 0.350 e. The third kappa shape index (κ3) is 4.45. The van der Waals surface area contributed by atoms with Crippen molar-refractivity contribution in [2.24, 2.45) is 0 Å². The van der Waals surface area contributed by atoms with Crippen LogP contribution in [0.4, 0.5) is 0 Å². The number of nitrogens with zero attached hydrogens (tertiary/aromatic N) is 2. The number of carbonyl (C=O) groups is 1. The second-order valence-electron chi connectivity index (χ2n) is 6.32. The van der Waals surface area contributed by atoms with Crippen molar-refractivity contribution in [2.45, 2.75) is 20.3 Å². The first-order valence-electron chi connectivity index (χ1n) is 8.93. The van der Waals surface area contributed by atoms with Crippen molar-refractivity contribution in [3.05, 3.63) is 21.9 Å². The van der Waals surface area contributed by atoms with Gasteiger partial charge in [-0.2, -0.15) is 4.31 Å². The van der Waals surface area contributed by atoms with Gasteiger partial charge < -0.3 is 5.32 Å². The van der Waals surface area contributed by atoms with Crippen LogP contribution in [-0.2, 0) is 16.4 Å². The summed E-state index contributed by atoms with van der Waals surface area (Å²) in [7, 11) is -3.09. The second-order valence-corrected chi connectivity index (χ2v) is 11.0. The Morgan fingerprint density at radius 1 is 1.15 bits per heavy atom. The number of amides is 1. The molecule has 2 aromatic rings.